The second kappa shape index (κ2) is 5.65. The van der Waals surface area contributed by atoms with E-state index >= 15 is 0 Å². The molecule has 0 bridgehead atoms. The third-order valence-corrected chi connectivity index (χ3v) is 2.68. The van der Waals surface area contributed by atoms with Gasteiger partial charge in [-0.25, -0.2) is 4.39 Å². The number of halogens is 2. The molecule has 0 aliphatic carbocycles. The number of hydrogen-bond acceptors (Lipinski definition) is 4. The third kappa shape index (κ3) is 3.08. The fourth-order valence-electron chi connectivity index (χ4n) is 1.53. The van der Waals surface area contributed by atoms with Crippen LogP contribution in [-0.2, 0) is 0 Å². The Kier molecular flexibility index (Phi) is 4.45. The maximum atomic E-state index is 13.4. The van der Waals surface area contributed by atoms with Crippen molar-refractivity contribution in [3.8, 4) is 6.07 Å². The summed E-state index contributed by atoms with van der Waals surface area (Å²) in [5.41, 5.74) is -0.182. The van der Waals surface area contributed by atoms with E-state index < -0.39 is 10.7 Å². The van der Waals surface area contributed by atoms with E-state index in [2.05, 4.69) is 0 Å². The van der Waals surface area contributed by atoms with Crippen LogP contribution in [0.15, 0.2) is 12.1 Å². The van der Waals surface area contributed by atoms with Crippen LogP contribution in [0.5, 0.6) is 0 Å². The van der Waals surface area contributed by atoms with Crippen LogP contribution in [0, 0.1) is 33.2 Å². The lowest BCUT2D eigenvalue weighted by Gasteiger charge is -2.20. The van der Waals surface area contributed by atoms with Crippen molar-refractivity contribution in [1.29, 1.82) is 5.26 Å². The number of hydrogen-bond donors (Lipinski definition) is 0. The third-order valence-electron chi connectivity index (χ3n) is 2.39. The Hall–Kier alpha value is -1.87. The first-order valence-electron chi connectivity index (χ1n) is 5.11. The van der Waals surface area contributed by atoms with E-state index in [0.717, 1.165) is 12.1 Å². The topological polar surface area (TPSA) is 70.2 Å². The average molecular weight is 272 g/mol. The molecule has 7 heteroatoms. The molecular weight excluding hydrogens is 261 g/mol. The molecular formula is C11H11ClFN3O2. The molecule has 1 rings (SSSR count). The van der Waals surface area contributed by atoms with Crippen LogP contribution in [0.1, 0.15) is 6.92 Å². The Morgan fingerprint density at radius 2 is 2.28 bits per heavy atom. The van der Waals surface area contributed by atoms with Crippen LogP contribution in [0.3, 0.4) is 0 Å². The van der Waals surface area contributed by atoms with Gasteiger partial charge in [0.05, 0.1) is 21.9 Å². The highest BCUT2D eigenvalue weighted by Crippen LogP contribution is 2.32. The summed E-state index contributed by atoms with van der Waals surface area (Å²) in [6, 6.07) is 3.99. The van der Waals surface area contributed by atoms with Gasteiger partial charge in [-0.15, -0.1) is 0 Å². The highest BCUT2D eigenvalue weighted by atomic mass is 35.5. The van der Waals surface area contributed by atoms with Crippen molar-refractivity contribution in [2.24, 2.45) is 5.92 Å². The number of nitro benzene ring substituents is 1. The highest BCUT2D eigenvalue weighted by Gasteiger charge is 2.21. The van der Waals surface area contributed by atoms with Crippen molar-refractivity contribution < 1.29 is 9.31 Å². The summed E-state index contributed by atoms with van der Waals surface area (Å²) in [5, 5.41) is 19.3. The summed E-state index contributed by atoms with van der Waals surface area (Å²) in [5.74, 6) is -1.05. The normalized spacial score (nSPS) is 11.7. The average Bonchev–Trinajstić information content (AvgIpc) is 2.31. The molecule has 5 nitrogen and oxygen atoms in total. The molecule has 0 saturated heterocycles. The van der Waals surface area contributed by atoms with Gasteiger partial charge in [0.25, 0.3) is 5.69 Å². The Bertz CT molecular complexity index is 516. The second-order valence-corrected chi connectivity index (χ2v) is 4.33. The number of anilines is 1. The molecule has 18 heavy (non-hydrogen) atoms. The van der Waals surface area contributed by atoms with E-state index in [4.69, 9.17) is 16.9 Å². The fraction of sp³-hybridized carbons (Fsp3) is 0.364. The van der Waals surface area contributed by atoms with Crippen molar-refractivity contribution in [3.05, 3.63) is 33.1 Å². The summed E-state index contributed by atoms with van der Waals surface area (Å²) in [6.45, 7) is 1.94. The van der Waals surface area contributed by atoms with Gasteiger partial charge >= 0.3 is 0 Å². The zero-order chi connectivity index (χ0) is 13.9. The van der Waals surface area contributed by atoms with Gasteiger partial charge in [-0.05, 0) is 6.92 Å². The molecule has 0 aromatic heterocycles. The Labute approximate surface area is 109 Å². The van der Waals surface area contributed by atoms with E-state index in [1.165, 1.54) is 4.90 Å². The van der Waals surface area contributed by atoms with Gasteiger partial charge in [-0.1, -0.05) is 11.6 Å². The lowest BCUT2D eigenvalue weighted by molar-refractivity contribution is -0.384. The first-order valence-corrected chi connectivity index (χ1v) is 5.48. The summed E-state index contributed by atoms with van der Waals surface area (Å²) >= 11 is 5.52. The Morgan fingerprint density at radius 3 is 2.78 bits per heavy atom. The molecule has 0 saturated carbocycles. The highest BCUT2D eigenvalue weighted by molar-refractivity contribution is 6.31. The van der Waals surface area contributed by atoms with E-state index in [0.29, 0.717) is 0 Å². The van der Waals surface area contributed by atoms with Crippen molar-refractivity contribution in [3.63, 3.8) is 0 Å². The Morgan fingerprint density at radius 1 is 1.67 bits per heavy atom. The molecule has 1 aromatic rings. The largest absolute Gasteiger partial charge is 0.368 e. The minimum atomic E-state index is -0.728. The van der Waals surface area contributed by atoms with E-state index in [9.17, 15) is 14.5 Å². The van der Waals surface area contributed by atoms with Crippen molar-refractivity contribution in [2.75, 3.05) is 18.5 Å². The van der Waals surface area contributed by atoms with Crippen LogP contribution in [0.2, 0.25) is 5.02 Å². The van der Waals surface area contributed by atoms with Crippen LogP contribution in [-0.4, -0.2) is 18.5 Å². The first-order chi connectivity index (χ1) is 8.36. The SMILES string of the molecule is CC(C#N)CN(C)c1cc(F)c(Cl)cc1[N+](=O)[O-]. The number of benzene rings is 1. The summed E-state index contributed by atoms with van der Waals surface area (Å²) in [6.07, 6.45) is 0. The first kappa shape index (κ1) is 14.2. The van der Waals surface area contributed by atoms with Gasteiger partial charge in [0, 0.05) is 25.7 Å². The summed E-state index contributed by atoms with van der Waals surface area (Å²) in [4.78, 5) is 11.7. The minimum Gasteiger partial charge on any atom is -0.368 e. The standard InChI is InChI=1S/C11H11ClFN3O2/c1-7(5-14)6-15(2)10-4-9(13)8(12)3-11(10)16(17)18/h3-4,7H,6H2,1-2H3. The molecule has 0 spiro atoms. The van der Waals surface area contributed by atoms with Crippen molar-refractivity contribution in [1.82, 2.24) is 0 Å². The zero-order valence-electron chi connectivity index (χ0n) is 9.85. The lowest BCUT2D eigenvalue weighted by Crippen LogP contribution is -2.24. The van der Waals surface area contributed by atoms with Gasteiger partial charge < -0.3 is 4.90 Å². The van der Waals surface area contributed by atoms with Crippen LogP contribution in [0.4, 0.5) is 15.8 Å². The van der Waals surface area contributed by atoms with Crippen molar-refractivity contribution in [2.45, 2.75) is 6.92 Å². The van der Waals surface area contributed by atoms with Gasteiger partial charge in [0.2, 0.25) is 0 Å². The van der Waals surface area contributed by atoms with Gasteiger partial charge in [-0.2, -0.15) is 5.26 Å². The van der Waals surface area contributed by atoms with E-state index in [1.54, 1.807) is 14.0 Å². The van der Waals surface area contributed by atoms with E-state index in [1.807, 2.05) is 6.07 Å². The summed E-state index contributed by atoms with van der Waals surface area (Å²) in [7, 11) is 1.56. The molecule has 0 radical (unpaired) electrons. The van der Waals surface area contributed by atoms with Crippen LogP contribution >= 0.6 is 11.6 Å². The van der Waals surface area contributed by atoms with Gasteiger partial charge in [0.1, 0.15) is 11.5 Å². The molecule has 1 unspecified atom stereocenters. The minimum absolute atomic E-state index is 0.101. The van der Waals surface area contributed by atoms with Gasteiger partial charge in [0.15, 0.2) is 0 Å². The number of nitriles is 1. The molecule has 96 valence electrons. The quantitative estimate of drug-likeness (QED) is 0.623. The fourth-order valence-corrected chi connectivity index (χ4v) is 1.69. The lowest BCUT2D eigenvalue weighted by atomic mass is 10.1. The molecule has 0 aliphatic heterocycles. The molecule has 0 amide bonds. The molecule has 0 aliphatic rings. The number of nitrogens with zero attached hydrogens (tertiary/aromatic N) is 3. The maximum absolute atomic E-state index is 13.4. The smallest absolute Gasteiger partial charge is 0.294 e. The summed E-state index contributed by atoms with van der Waals surface area (Å²) < 4.78 is 13.4. The monoisotopic (exact) mass is 271 g/mol. The zero-order valence-corrected chi connectivity index (χ0v) is 10.6. The predicted molar refractivity (Wildman–Crippen MR) is 66.1 cm³/mol. The molecule has 1 atom stereocenters. The number of rotatable bonds is 4. The molecule has 0 heterocycles. The van der Waals surface area contributed by atoms with Gasteiger partial charge in [-0.3, -0.25) is 10.1 Å². The van der Waals surface area contributed by atoms with Crippen molar-refractivity contribution >= 4 is 23.0 Å². The van der Waals surface area contributed by atoms with Crippen LogP contribution < -0.4 is 4.90 Å². The number of nitro groups is 1. The Balaban J connectivity index is 3.18. The maximum Gasteiger partial charge on any atom is 0.294 e. The molecule has 0 N–H and O–H groups in total. The van der Waals surface area contributed by atoms with Crippen LogP contribution in [0.25, 0.3) is 0 Å². The van der Waals surface area contributed by atoms with E-state index in [-0.39, 0.29) is 28.9 Å². The second-order valence-electron chi connectivity index (χ2n) is 3.92. The predicted octanol–water partition coefficient (Wildman–Crippen LogP) is 2.98. The molecule has 0 fully saturated rings. The molecule has 1 aromatic carbocycles.